The molecule has 12 N–H and O–H groups in total. The van der Waals surface area contributed by atoms with Gasteiger partial charge in [0, 0.05) is 0 Å². The van der Waals surface area contributed by atoms with Crippen LogP contribution in [0.25, 0.3) is 0 Å². The SMILES string of the molecule is O=C(O)C(OO)C(O)C(O)C(O)C(O)C(O)C(O)C(O)C(O)C(O)CO. The molecule has 0 aromatic carbocycles. The van der Waals surface area contributed by atoms with Crippen molar-refractivity contribution >= 4 is 5.97 Å². The fourth-order valence-corrected chi connectivity index (χ4v) is 1.98. The molecule has 0 amide bonds. The number of carboxylic acid groups (broad SMARTS) is 1. The Morgan fingerprint density at radius 1 is 0.654 bits per heavy atom. The summed E-state index contributed by atoms with van der Waals surface area (Å²) in [6.45, 7) is -1.02. The van der Waals surface area contributed by atoms with Gasteiger partial charge in [-0.05, 0) is 0 Å². The van der Waals surface area contributed by atoms with Crippen molar-refractivity contribution in [2.24, 2.45) is 0 Å². The van der Waals surface area contributed by atoms with Gasteiger partial charge in [0.1, 0.15) is 54.9 Å². The standard InChI is InChI=1S/C12H24O14/c13-1-2(14)3(15)4(16)5(17)6(18)7(19)8(20)9(21)10(22)11(26-25)12(23)24/h2-11,13-22,25H,1H2,(H,23,24). The molecule has 0 saturated carbocycles. The molecule has 14 nitrogen and oxygen atoms in total. The van der Waals surface area contributed by atoms with E-state index in [0.717, 1.165) is 0 Å². The summed E-state index contributed by atoms with van der Waals surface area (Å²) in [6.07, 6.45) is -23.7. The average Bonchev–Trinajstić information content (AvgIpc) is 2.62. The first-order valence-corrected chi connectivity index (χ1v) is 7.18. The zero-order valence-electron chi connectivity index (χ0n) is 13.2. The van der Waals surface area contributed by atoms with Crippen LogP contribution in [0.1, 0.15) is 0 Å². The molecule has 0 aliphatic heterocycles. The van der Waals surface area contributed by atoms with Crippen molar-refractivity contribution in [3.63, 3.8) is 0 Å². The molecule has 0 heterocycles. The summed E-state index contributed by atoms with van der Waals surface area (Å²) in [5.74, 6) is -1.95. The number of aliphatic carboxylic acids is 1. The molecule has 26 heavy (non-hydrogen) atoms. The van der Waals surface area contributed by atoms with Gasteiger partial charge in [-0.3, -0.25) is 5.26 Å². The lowest BCUT2D eigenvalue weighted by Gasteiger charge is -2.34. The smallest absolute Gasteiger partial charge is 0.339 e. The summed E-state index contributed by atoms with van der Waals surface area (Å²) < 4.78 is 0. The molecule has 14 heteroatoms. The first-order chi connectivity index (χ1) is 11.9. The summed E-state index contributed by atoms with van der Waals surface area (Å²) in [4.78, 5) is 14.1. The maximum absolute atomic E-state index is 10.7. The summed E-state index contributed by atoms with van der Waals surface area (Å²) >= 11 is 0. The van der Waals surface area contributed by atoms with Crippen LogP contribution in [0.4, 0.5) is 0 Å². The third-order valence-corrected chi connectivity index (χ3v) is 3.70. The molecule has 0 radical (unpaired) electrons. The molecule has 0 aromatic heterocycles. The van der Waals surface area contributed by atoms with E-state index in [9.17, 15) is 45.6 Å². The van der Waals surface area contributed by atoms with Crippen LogP contribution in [0.3, 0.4) is 0 Å². The molecular formula is C12H24O14. The van der Waals surface area contributed by atoms with Crippen molar-refractivity contribution in [2.45, 2.75) is 61.0 Å². The molecule has 0 aliphatic rings. The number of hydrogen-bond acceptors (Lipinski definition) is 13. The van der Waals surface area contributed by atoms with Gasteiger partial charge in [0.25, 0.3) is 0 Å². The van der Waals surface area contributed by atoms with Crippen LogP contribution in [-0.2, 0) is 9.68 Å². The third-order valence-electron chi connectivity index (χ3n) is 3.70. The second-order valence-corrected chi connectivity index (χ2v) is 5.54. The van der Waals surface area contributed by atoms with Crippen LogP contribution in [0.15, 0.2) is 0 Å². The quantitative estimate of drug-likeness (QED) is 0.109. The highest BCUT2D eigenvalue weighted by atomic mass is 17.1. The number of carbonyl (C=O) groups is 1. The van der Waals surface area contributed by atoms with Gasteiger partial charge in [-0.2, -0.15) is 0 Å². The van der Waals surface area contributed by atoms with Crippen molar-refractivity contribution in [1.82, 2.24) is 0 Å². The molecule has 0 fully saturated rings. The zero-order valence-corrected chi connectivity index (χ0v) is 13.2. The Bertz CT molecular complexity index is 421. The van der Waals surface area contributed by atoms with Crippen LogP contribution >= 0.6 is 0 Å². The minimum Gasteiger partial charge on any atom is -0.479 e. The normalized spacial score (nSPS) is 23.8. The summed E-state index contributed by atoms with van der Waals surface area (Å²) in [5, 5.41) is 112. The molecule has 0 rings (SSSR count). The first-order valence-electron chi connectivity index (χ1n) is 7.18. The van der Waals surface area contributed by atoms with Crippen molar-refractivity contribution < 1.29 is 71.1 Å². The average molecular weight is 392 g/mol. The summed E-state index contributed by atoms with van der Waals surface area (Å²) in [7, 11) is 0. The van der Waals surface area contributed by atoms with Crippen molar-refractivity contribution in [3.8, 4) is 0 Å². The minimum atomic E-state index is -2.52. The van der Waals surface area contributed by atoms with Crippen LogP contribution in [0, 0.1) is 0 Å². The number of carboxylic acids is 1. The first kappa shape index (κ1) is 25.0. The lowest BCUT2D eigenvalue weighted by molar-refractivity contribution is -0.303. The molecule has 0 aliphatic carbocycles. The van der Waals surface area contributed by atoms with E-state index in [-0.39, 0.29) is 0 Å². The van der Waals surface area contributed by atoms with Gasteiger partial charge in [0.05, 0.1) is 6.61 Å². The summed E-state index contributed by atoms with van der Waals surface area (Å²) in [6, 6.07) is 0. The Labute approximate surface area is 145 Å². The number of hydrogen-bond donors (Lipinski definition) is 12. The monoisotopic (exact) mass is 392 g/mol. The molecule has 0 spiro atoms. The lowest BCUT2D eigenvalue weighted by Crippen LogP contribution is -2.59. The van der Waals surface area contributed by atoms with Gasteiger partial charge in [-0.15, -0.1) is 0 Å². The number of aliphatic hydroxyl groups is 10. The predicted octanol–water partition coefficient (Wildman–Crippen LogP) is -6.83. The zero-order chi connectivity index (χ0) is 20.8. The highest BCUT2D eigenvalue weighted by Crippen LogP contribution is 2.17. The van der Waals surface area contributed by atoms with Crippen molar-refractivity contribution in [2.75, 3.05) is 6.61 Å². The van der Waals surface area contributed by atoms with E-state index in [1.54, 1.807) is 0 Å². The highest BCUT2D eigenvalue weighted by molar-refractivity contribution is 5.73. The van der Waals surface area contributed by atoms with Gasteiger partial charge in [0.2, 0.25) is 6.10 Å². The number of aliphatic hydroxyl groups excluding tert-OH is 10. The maximum atomic E-state index is 10.7. The van der Waals surface area contributed by atoms with Crippen molar-refractivity contribution in [1.29, 1.82) is 0 Å². The third kappa shape index (κ3) is 6.02. The van der Waals surface area contributed by atoms with Gasteiger partial charge in [-0.1, -0.05) is 0 Å². The molecule has 0 bridgehead atoms. The molecule has 156 valence electrons. The van der Waals surface area contributed by atoms with Crippen LogP contribution in [0.2, 0.25) is 0 Å². The molecule has 0 aromatic rings. The lowest BCUT2D eigenvalue weighted by atomic mass is 9.91. The van der Waals surface area contributed by atoms with Crippen LogP contribution in [-0.4, -0.2) is 135 Å². The Morgan fingerprint density at radius 2 is 0.962 bits per heavy atom. The van der Waals surface area contributed by atoms with Gasteiger partial charge in [-0.25, -0.2) is 9.68 Å². The van der Waals surface area contributed by atoms with Crippen LogP contribution in [0.5, 0.6) is 0 Å². The topological polar surface area (TPSA) is 269 Å². The number of rotatable bonds is 12. The Hall–Kier alpha value is -1.01. The maximum Gasteiger partial charge on any atom is 0.339 e. The van der Waals surface area contributed by atoms with Gasteiger partial charge in [0.15, 0.2) is 0 Å². The fourth-order valence-electron chi connectivity index (χ4n) is 1.98. The van der Waals surface area contributed by atoms with E-state index in [0.29, 0.717) is 0 Å². The largest absolute Gasteiger partial charge is 0.479 e. The Morgan fingerprint density at radius 3 is 1.23 bits per heavy atom. The minimum absolute atomic E-state index is 1.02. The van der Waals surface area contributed by atoms with E-state index < -0.39 is 73.6 Å². The van der Waals surface area contributed by atoms with Crippen molar-refractivity contribution in [3.05, 3.63) is 0 Å². The molecule has 10 atom stereocenters. The van der Waals surface area contributed by atoms with E-state index >= 15 is 0 Å². The second kappa shape index (κ2) is 11.0. The molecular weight excluding hydrogens is 368 g/mol. The van der Waals surface area contributed by atoms with E-state index in [1.165, 1.54) is 0 Å². The Balaban J connectivity index is 5.08. The molecule has 10 unspecified atom stereocenters. The van der Waals surface area contributed by atoms with E-state index in [1.807, 2.05) is 0 Å². The van der Waals surface area contributed by atoms with E-state index in [4.69, 9.17) is 20.6 Å². The van der Waals surface area contributed by atoms with E-state index in [2.05, 4.69) is 4.89 Å². The second-order valence-electron chi connectivity index (χ2n) is 5.54. The predicted molar refractivity (Wildman–Crippen MR) is 76.3 cm³/mol. The highest BCUT2D eigenvalue weighted by Gasteiger charge is 2.44. The summed E-state index contributed by atoms with van der Waals surface area (Å²) in [5.41, 5.74) is 0. The fraction of sp³-hybridized carbons (Fsp3) is 0.917. The van der Waals surface area contributed by atoms with Gasteiger partial charge < -0.3 is 56.2 Å². The molecule has 0 saturated heterocycles. The van der Waals surface area contributed by atoms with Crippen LogP contribution < -0.4 is 0 Å². The van der Waals surface area contributed by atoms with Gasteiger partial charge >= 0.3 is 5.97 Å². The Kier molecular flexibility index (Phi) is 10.5.